The van der Waals surface area contributed by atoms with E-state index in [4.69, 9.17) is 4.74 Å². The van der Waals surface area contributed by atoms with Crippen molar-refractivity contribution >= 4 is 32.7 Å². The fourth-order valence-electron chi connectivity index (χ4n) is 2.18. The van der Waals surface area contributed by atoms with Crippen molar-refractivity contribution in [3.63, 3.8) is 0 Å². The molecule has 1 heterocycles. The number of aromatic amines is 1. The van der Waals surface area contributed by atoms with E-state index in [1.54, 1.807) is 7.11 Å². The van der Waals surface area contributed by atoms with Crippen LogP contribution in [0.5, 0.6) is 0 Å². The molecule has 1 amide bonds. The maximum atomic E-state index is 11.8. The maximum Gasteiger partial charge on any atom is 0.225 e. The van der Waals surface area contributed by atoms with Crippen LogP contribution in [-0.4, -0.2) is 31.2 Å². The highest BCUT2D eigenvalue weighted by atomic mass is 79.9. The Bertz CT molecular complexity index is 595. The number of carbonyl (C=O) groups is 1. The molecule has 0 saturated carbocycles. The second-order valence-corrected chi connectivity index (χ2v) is 5.82. The molecule has 1 aromatic heterocycles. The Hall–Kier alpha value is -1.33. The third-order valence-electron chi connectivity index (χ3n) is 3.29. The van der Waals surface area contributed by atoms with Crippen LogP contribution in [0.2, 0.25) is 0 Å². The number of carbonyl (C=O) groups excluding carboxylic acids is 1. The number of hydrogen-bond acceptors (Lipinski definition) is 2. The first-order valence-electron chi connectivity index (χ1n) is 6.64. The molecule has 1 aromatic carbocycles. The number of aromatic nitrogens is 1. The first-order valence-corrected chi connectivity index (χ1v) is 7.43. The molecule has 0 bridgehead atoms. The average Bonchev–Trinajstić information content (AvgIpc) is 2.81. The van der Waals surface area contributed by atoms with E-state index in [0.29, 0.717) is 13.2 Å². The lowest BCUT2D eigenvalue weighted by atomic mass is 10.1. The maximum absolute atomic E-state index is 11.8. The fraction of sp³-hybridized carbons (Fsp3) is 0.400. The van der Waals surface area contributed by atoms with Gasteiger partial charge < -0.3 is 15.0 Å². The van der Waals surface area contributed by atoms with Gasteiger partial charge in [0.2, 0.25) is 5.91 Å². The van der Waals surface area contributed by atoms with Crippen molar-refractivity contribution in [3.8, 4) is 0 Å². The van der Waals surface area contributed by atoms with Crippen molar-refractivity contribution in [2.75, 3.05) is 20.3 Å². The molecule has 0 aliphatic carbocycles. The molecule has 0 aliphatic rings. The molecule has 4 nitrogen and oxygen atoms in total. The molecule has 5 heteroatoms. The highest BCUT2D eigenvalue weighted by Gasteiger charge is 2.12. The topological polar surface area (TPSA) is 54.1 Å². The minimum atomic E-state index is -0.114. The van der Waals surface area contributed by atoms with Crippen LogP contribution in [0.15, 0.2) is 28.9 Å². The lowest BCUT2D eigenvalue weighted by Gasteiger charge is -2.10. The Kier molecular flexibility index (Phi) is 5.20. The van der Waals surface area contributed by atoms with E-state index in [9.17, 15) is 4.79 Å². The molecule has 0 aliphatic heterocycles. The zero-order chi connectivity index (χ0) is 14.5. The lowest BCUT2D eigenvalue weighted by molar-refractivity contribution is -0.125. The quantitative estimate of drug-likeness (QED) is 0.850. The molecule has 0 saturated heterocycles. The lowest BCUT2D eigenvalue weighted by Crippen LogP contribution is -2.32. The summed E-state index contributed by atoms with van der Waals surface area (Å²) in [5.41, 5.74) is 2.32. The molecular weight excluding hydrogens is 320 g/mol. The highest BCUT2D eigenvalue weighted by Crippen LogP contribution is 2.22. The number of nitrogens with one attached hydrogen (secondary N) is 2. The normalized spacial score (nSPS) is 12.6. The summed E-state index contributed by atoms with van der Waals surface area (Å²) >= 11 is 3.48. The van der Waals surface area contributed by atoms with Gasteiger partial charge in [0.05, 0.1) is 12.5 Å². The Morgan fingerprint density at radius 1 is 1.50 bits per heavy atom. The van der Waals surface area contributed by atoms with Crippen molar-refractivity contribution in [2.45, 2.75) is 13.3 Å². The number of amides is 1. The molecule has 2 N–H and O–H groups in total. The summed E-state index contributed by atoms with van der Waals surface area (Å²) in [6.07, 6.45) is 2.81. The predicted octanol–water partition coefficient (Wildman–Crippen LogP) is 2.87. The van der Waals surface area contributed by atoms with Gasteiger partial charge in [0, 0.05) is 35.2 Å². The van der Waals surface area contributed by atoms with Crippen LogP contribution >= 0.6 is 15.9 Å². The summed E-state index contributed by atoms with van der Waals surface area (Å²) in [6, 6.07) is 6.15. The van der Waals surface area contributed by atoms with Gasteiger partial charge in [-0.05, 0) is 30.2 Å². The van der Waals surface area contributed by atoms with E-state index >= 15 is 0 Å². The predicted molar refractivity (Wildman–Crippen MR) is 83.8 cm³/mol. The first-order chi connectivity index (χ1) is 9.61. The average molecular weight is 339 g/mol. The van der Waals surface area contributed by atoms with Crippen molar-refractivity contribution < 1.29 is 9.53 Å². The van der Waals surface area contributed by atoms with Crippen LogP contribution in [0.3, 0.4) is 0 Å². The first kappa shape index (κ1) is 15.1. The van der Waals surface area contributed by atoms with Gasteiger partial charge in [0.15, 0.2) is 0 Å². The number of fused-ring (bicyclic) bond motifs is 1. The monoisotopic (exact) mass is 338 g/mol. The molecule has 20 heavy (non-hydrogen) atoms. The van der Waals surface area contributed by atoms with Crippen molar-refractivity contribution in [2.24, 2.45) is 5.92 Å². The third-order valence-corrected chi connectivity index (χ3v) is 3.78. The third kappa shape index (κ3) is 3.61. The van der Waals surface area contributed by atoms with Crippen molar-refractivity contribution in [1.82, 2.24) is 10.3 Å². The number of methoxy groups -OCH3 is 1. The summed E-state index contributed by atoms with van der Waals surface area (Å²) in [5, 5.41) is 4.13. The van der Waals surface area contributed by atoms with Crippen LogP contribution in [-0.2, 0) is 16.0 Å². The van der Waals surface area contributed by atoms with Crippen LogP contribution in [0.4, 0.5) is 0 Å². The molecule has 0 spiro atoms. The summed E-state index contributed by atoms with van der Waals surface area (Å²) in [4.78, 5) is 15.0. The number of benzene rings is 1. The van der Waals surface area contributed by atoms with Gasteiger partial charge in [-0.2, -0.15) is 0 Å². The van der Waals surface area contributed by atoms with E-state index in [2.05, 4.69) is 32.3 Å². The van der Waals surface area contributed by atoms with E-state index in [-0.39, 0.29) is 11.8 Å². The van der Waals surface area contributed by atoms with Gasteiger partial charge in [-0.1, -0.05) is 22.9 Å². The molecule has 108 valence electrons. The molecular formula is C15H19BrN2O2. The Morgan fingerprint density at radius 3 is 3.05 bits per heavy atom. The smallest absolute Gasteiger partial charge is 0.225 e. The summed E-state index contributed by atoms with van der Waals surface area (Å²) in [5.74, 6) is -0.0787. The number of H-pyrrole nitrogens is 1. The Labute approximate surface area is 127 Å². The van der Waals surface area contributed by atoms with E-state index in [1.165, 1.54) is 10.9 Å². The van der Waals surface area contributed by atoms with E-state index in [0.717, 1.165) is 16.4 Å². The minimum Gasteiger partial charge on any atom is -0.384 e. The summed E-state index contributed by atoms with van der Waals surface area (Å²) in [6.45, 7) is 2.94. The number of ether oxygens (including phenoxy) is 1. The fourth-order valence-corrected chi connectivity index (χ4v) is 2.54. The number of halogens is 1. The minimum absolute atomic E-state index is 0.0351. The van der Waals surface area contributed by atoms with Crippen LogP contribution in [0.1, 0.15) is 12.5 Å². The second kappa shape index (κ2) is 6.90. The molecule has 0 radical (unpaired) electrons. The van der Waals surface area contributed by atoms with Gasteiger partial charge in [-0.3, -0.25) is 4.79 Å². The van der Waals surface area contributed by atoms with Crippen LogP contribution < -0.4 is 5.32 Å². The largest absolute Gasteiger partial charge is 0.384 e. The molecule has 2 aromatic rings. The SMILES string of the molecule is COC[C@H](C)C(=O)NCCc1c[nH]c2ccc(Br)cc12. The molecule has 0 fully saturated rings. The van der Waals surface area contributed by atoms with Crippen molar-refractivity contribution in [3.05, 3.63) is 34.4 Å². The Balaban J connectivity index is 1.93. The van der Waals surface area contributed by atoms with Gasteiger partial charge in [0.25, 0.3) is 0 Å². The molecule has 0 unspecified atom stereocenters. The standard InChI is InChI=1S/C15H19BrN2O2/c1-10(9-20-2)15(19)17-6-5-11-8-18-14-4-3-12(16)7-13(11)14/h3-4,7-8,10,18H,5-6,9H2,1-2H3,(H,17,19)/t10-/m0/s1. The van der Waals surface area contributed by atoms with Crippen molar-refractivity contribution in [1.29, 1.82) is 0 Å². The van der Waals surface area contributed by atoms with Gasteiger partial charge in [-0.15, -0.1) is 0 Å². The zero-order valence-corrected chi connectivity index (χ0v) is 13.3. The summed E-state index contributed by atoms with van der Waals surface area (Å²) in [7, 11) is 1.60. The van der Waals surface area contributed by atoms with Crippen LogP contribution in [0.25, 0.3) is 10.9 Å². The van der Waals surface area contributed by atoms with Crippen LogP contribution in [0, 0.1) is 5.92 Å². The number of rotatable bonds is 6. The summed E-state index contributed by atoms with van der Waals surface area (Å²) < 4.78 is 6.04. The Morgan fingerprint density at radius 2 is 2.30 bits per heavy atom. The zero-order valence-electron chi connectivity index (χ0n) is 11.7. The van der Waals surface area contributed by atoms with Gasteiger partial charge >= 0.3 is 0 Å². The van der Waals surface area contributed by atoms with Gasteiger partial charge in [0.1, 0.15) is 0 Å². The van der Waals surface area contributed by atoms with E-state index < -0.39 is 0 Å². The van der Waals surface area contributed by atoms with Gasteiger partial charge in [-0.25, -0.2) is 0 Å². The number of hydrogen-bond donors (Lipinski definition) is 2. The molecule has 2 rings (SSSR count). The van der Waals surface area contributed by atoms with E-state index in [1.807, 2.05) is 25.3 Å². The molecule has 1 atom stereocenters. The highest BCUT2D eigenvalue weighted by molar-refractivity contribution is 9.10. The second-order valence-electron chi connectivity index (χ2n) is 4.90.